The lowest BCUT2D eigenvalue weighted by Gasteiger charge is -2.10. The van der Waals surface area contributed by atoms with Gasteiger partial charge in [0.25, 0.3) is 5.91 Å². The molecule has 0 saturated carbocycles. The van der Waals surface area contributed by atoms with Gasteiger partial charge in [-0.2, -0.15) is 0 Å². The minimum absolute atomic E-state index is 0.158. The van der Waals surface area contributed by atoms with Crippen LogP contribution in [0.2, 0.25) is 0 Å². The molecule has 0 bridgehead atoms. The molecule has 0 atom stereocenters. The Hall–Kier alpha value is -2.56. The molecule has 2 aromatic carbocycles. The lowest BCUT2D eigenvalue weighted by molar-refractivity contribution is 0.102. The number of halogens is 1. The Morgan fingerprint density at radius 3 is 2.76 bits per heavy atom. The van der Waals surface area contributed by atoms with Gasteiger partial charge in [-0.05, 0) is 37.6 Å². The second-order valence-corrected chi connectivity index (χ2v) is 4.57. The van der Waals surface area contributed by atoms with Gasteiger partial charge >= 0.3 is 0 Å². The van der Waals surface area contributed by atoms with Crippen LogP contribution in [0.25, 0.3) is 0 Å². The molecule has 110 valence electrons. The van der Waals surface area contributed by atoms with Crippen LogP contribution in [0.5, 0.6) is 5.75 Å². The number of carbonyl (C=O) groups excluding carboxylic acids is 1. The van der Waals surface area contributed by atoms with Crippen molar-refractivity contribution in [2.45, 2.75) is 13.8 Å². The molecule has 0 unspecified atom stereocenters. The van der Waals surface area contributed by atoms with Crippen LogP contribution in [0.4, 0.5) is 15.8 Å². The van der Waals surface area contributed by atoms with E-state index in [2.05, 4.69) is 5.32 Å². The number of para-hydroxylation sites is 1. The van der Waals surface area contributed by atoms with Crippen molar-refractivity contribution in [3.63, 3.8) is 0 Å². The van der Waals surface area contributed by atoms with Gasteiger partial charge in [-0.15, -0.1) is 0 Å². The van der Waals surface area contributed by atoms with Crippen LogP contribution in [0.3, 0.4) is 0 Å². The number of hydrogen-bond acceptors (Lipinski definition) is 3. The van der Waals surface area contributed by atoms with Gasteiger partial charge in [0.05, 0.1) is 12.2 Å². The van der Waals surface area contributed by atoms with E-state index < -0.39 is 5.82 Å². The summed E-state index contributed by atoms with van der Waals surface area (Å²) in [6, 6.07) is 9.48. The third-order valence-corrected chi connectivity index (χ3v) is 3.06. The molecule has 0 aliphatic heterocycles. The van der Waals surface area contributed by atoms with Crippen LogP contribution < -0.4 is 15.8 Å². The zero-order valence-electron chi connectivity index (χ0n) is 11.9. The van der Waals surface area contributed by atoms with Crippen LogP contribution in [-0.4, -0.2) is 12.5 Å². The van der Waals surface area contributed by atoms with Crippen molar-refractivity contribution in [2.24, 2.45) is 0 Å². The molecular weight excluding hydrogens is 271 g/mol. The van der Waals surface area contributed by atoms with Crippen molar-refractivity contribution in [1.29, 1.82) is 0 Å². The topological polar surface area (TPSA) is 64.3 Å². The molecule has 4 nitrogen and oxygen atoms in total. The second kappa shape index (κ2) is 6.26. The third kappa shape index (κ3) is 3.31. The Labute approximate surface area is 122 Å². The molecule has 3 N–H and O–H groups in total. The minimum Gasteiger partial charge on any atom is -0.491 e. The Balaban J connectivity index is 2.20. The Kier molecular flexibility index (Phi) is 4.42. The predicted molar refractivity (Wildman–Crippen MR) is 81.1 cm³/mol. The lowest BCUT2D eigenvalue weighted by Crippen LogP contribution is -2.14. The van der Waals surface area contributed by atoms with Crippen LogP contribution in [0, 0.1) is 12.7 Å². The van der Waals surface area contributed by atoms with E-state index in [1.165, 1.54) is 12.1 Å². The number of rotatable bonds is 4. The van der Waals surface area contributed by atoms with E-state index in [0.717, 1.165) is 5.56 Å². The fourth-order valence-corrected chi connectivity index (χ4v) is 1.93. The highest BCUT2D eigenvalue weighted by atomic mass is 19.1. The van der Waals surface area contributed by atoms with Gasteiger partial charge in [-0.1, -0.05) is 12.1 Å². The van der Waals surface area contributed by atoms with Crippen molar-refractivity contribution < 1.29 is 13.9 Å². The van der Waals surface area contributed by atoms with E-state index in [9.17, 15) is 9.18 Å². The zero-order chi connectivity index (χ0) is 15.4. The molecular formula is C16H17FN2O2. The van der Waals surface area contributed by atoms with E-state index in [1.54, 1.807) is 25.1 Å². The maximum absolute atomic E-state index is 13.7. The normalized spacial score (nSPS) is 10.2. The number of ether oxygens (including phenoxy) is 1. The molecule has 0 aliphatic carbocycles. The average Bonchev–Trinajstić information content (AvgIpc) is 2.45. The number of nitrogens with one attached hydrogen (secondary N) is 1. The number of benzene rings is 2. The Morgan fingerprint density at radius 2 is 2.10 bits per heavy atom. The number of amides is 1. The average molecular weight is 288 g/mol. The summed E-state index contributed by atoms with van der Waals surface area (Å²) in [5.74, 6) is -0.739. The maximum atomic E-state index is 13.7. The first-order chi connectivity index (χ1) is 10.0. The lowest BCUT2D eigenvalue weighted by atomic mass is 10.1. The third-order valence-electron chi connectivity index (χ3n) is 3.06. The van der Waals surface area contributed by atoms with Gasteiger partial charge in [0, 0.05) is 17.4 Å². The van der Waals surface area contributed by atoms with Crippen LogP contribution >= 0.6 is 0 Å². The van der Waals surface area contributed by atoms with E-state index in [4.69, 9.17) is 10.5 Å². The van der Waals surface area contributed by atoms with Crippen molar-refractivity contribution >= 4 is 17.3 Å². The monoisotopic (exact) mass is 288 g/mol. The van der Waals surface area contributed by atoms with E-state index in [-0.39, 0.29) is 11.7 Å². The Bertz CT molecular complexity index is 671. The van der Waals surface area contributed by atoms with Gasteiger partial charge < -0.3 is 15.8 Å². The van der Waals surface area contributed by atoms with Gasteiger partial charge in [-0.3, -0.25) is 4.79 Å². The van der Waals surface area contributed by atoms with Crippen molar-refractivity contribution in [3.05, 3.63) is 53.3 Å². The number of nitrogens with two attached hydrogens (primary N) is 1. The molecule has 2 rings (SSSR count). The van der Waals surface area contributed by atoms with Crippen molar-refractivity contribution in [3.8, 4) is 5.75 Å². The summed E-state index contributed by atoms with van der Waals surface area (Å²) in [7, 11) is 0. The minimum atomic E-state index is -0.521. The van der Waals surface area contributed by atoms with Crippen molar-refractivity contribution in [2.75, 3.05) is 17.7 Å². The number of anilines is 2. The number of aryl methyl sites for hydroxylation is 1. The highest BCUT2D eigenvalue weighted by Crippen LogP contribution is 2.23. The summed E-state index contributed by atoms with van der Waals surface area (Å²) in [5, 5.41) is 2.62. The molecule has 0 radical (unpaired) electrons. The predicted octanol–water partition coefficient (Wildman–Crippen LogP) is 3.37. The van der Waals surface area contributed by atoms with Gasteiger partial charge in [0.15, 0.2) is 11.6 Å². The van der Waals surface area contributed by atoms with Gasteiger partial charge in [0.1, 0.15) is 0 Å². The number of carbonyl (C=O) groups is 1. The van der Waals surface area contributed by atoms with Gasteiger partial charge in [0.2, 0.25) is 0 Å². The molecule has 0 fully saturated rings. The highest BCUT2D eigenvalue weighted by molar-refractivity contribution is 6.08. The second-order valence-electron chi connectivity index (χ2n) is 4.57. The molecule has 1 amide bonds. The quantitative estimate of drug-likeness (QED) is 0.848. The summed E-state index contributed by atoms with van der Waals surface area (Å²) in [4.78, 5) is 12.2. The van der Waals surface area contributed by atoms with E-state index in [0.29, 0.717) is 23.5 Å². The highest BCUT2D eigenvalue weighted by Gasteiger charge is 2.12. The van der Waals surface area contributed by atoms with Gasteiger partial charge in [-0.25, -0.2) is 4.39 Å². The standard InChI is InChI=1S/C16H17FN2O2/c1-3-21-14-8-7-11(9-13(14)17)19-16(20)12-6-4-5-10(2)15(12)18/h4-9H,3,18H2,1-2H3,(H,19,20). The largest absolute Gasteiger partial charge is 0.491 e. The molecule has 0 saturated heterocycles. The van der Waals surface area contributed by atoms with Crippen LogP contribution in [0.15, 0.2) is 36.4 Å². The number of nitrogen functional groups attached to an aromatic ring is 1. The number of hydrogen-bond donors (Lipinski definition) is 2. The molecule has 21 heavy (non-hydrogen) atoms. The van der Waals surface area contributed by atoms with Crippen LogP contribution in [-0.2, 0) is 0 Å². The Morgan fingerprint density at radius 1 is 1.33 bits per heavy atom. The first kappa shape index (κ1) is 14.8. The SMILES string of the molecule is CCOc1ccc(NC(=O)c2cccc(C)c2N)cc1F. The summed E-state index contributed by atoms with van der Waals surface area (Å²) in [6.07, 6.45) is 0. The van der Waals surface area contributed by atoms with E-state index >= 15 is 0 Å². The van der Waals surface area contributed by atoms with Crippen LogP contribution in [0.1, 0.15) is 22.8 Å². The fourth-order valence-electron chi connectivity index (χ4n) is 1.93. The molecule has 0 aliphatic rings. The summed E-state index contributed by atoms with van der Waals surface area (Å²) < 4.78 is 18.8. The van der Waals surface area contributed by atoms with Crippen molar-refractivity contribution in [1.82, 2.24) is 0 Å². The first-order valence-electron chi connectivity index (χ1n) is 6.61. The molecule has 5 heteroatoms. The molecule has 0 aromatic heterocycles. The fraction of sp³-hybridized carbons (Fsp3) is 0.188. The molecule has 0 heterocycles. The smallest absolute Gasteiger partial charge is 0.257 e. The first-order valence-corrected chi connectivity index (χ1v) is 6.61. The van der Waals surface area contributed by atoms with E-state index in [1.807, 2.05) is 13.0 Å². The molecule has 2 aromatic rings. The summed E-state index contributed by atoms with van der Waals surface area (Å²) in [6.45, 7) is 3.97. The zero-order valence-corrected chi connectivity index (χ0v) is 11.9. The maximum Gasteiger partial charge on any atom is 0.257 e. The summed E-state index contributed by atoms with van der Waals surface area (Å²) in [5.41, 5.74) is 7.83. The molecule has 0 spiro atoms. The summed E-state index contributed by atoms with van der Waals surface area (Å²) >= 11 is 0.